The topological polar surface area (TPSA) is 55.8 Å². The van der Waals surface area contributed by atoms with Crippen LogP contribution in [0, 0.1) is 5.41 Å². The van der Waals surface area contributed by atoms with Gasteiger partial charge in [0.1, 0.15) is 0 Å². The van der Waals surface area contributed by atoms with Gasteiger partial charge in [0.15, 0.2) is 0 Å². The number of hydrogen-bond acceptors (Lipinski definition) is 3. The molecule has 0 radical (unpaired) electrons. The molecule has 4 nitrogen and oxygen atoms in total. The molecule has 90 valence electrons. The highest BCUT2D eigenvalue weighted by Gasteiger charge is 2.34. The second-order valence-corrected chi connectivity index (χ2v) is 6.52. The Labute approximate surface area is 91.6 Å². The summed E-state index contributed by atoms with van der Waals surface area (Å²) < 4.78 is 21.6. The summed E-state index contributed by atoms with van der Waals surface area (Å²) in [6, 6.07) is 0. The van der Waals surface area contributed by atoms with Crippen molar-refractivity contribution in [3.63, 3.8) is 0 Å². The Morgan fingerprint density at radius 3 is 2.53 bits per heavy atom. The van der Waals surface area contributed by atoms with E-state index >= 15 is 0 Å². The lowest BCUT2D eigenvalue weighted by molar-refractivity contribution is 0.0384. The van der Waals surface area contributed by atoms with Crippen LogP contribution in [0.5, 0.6) is 0 Å². The third-order valence-corrected chi connectivity index (χ3v) is 3.62. The minimum atomic E-state index is -3.84. The molecule has 0 spiro atoms. The molecule has 2 atom stereocenters. The minimum absolute atomic E-state index is 0.133. The van der Waals surface area contributed by atoms with E-state index in [9.17, 15) is 9.46 Å². The van der Waals surface area contributed by atoms with Crippen LogP contribution in [-0.4, -0.2) is 17.6 Å². The van der Waals surface area contributed by atoms with Gasteiger partial charge in [0.25, 0.3) is 0 Å². The standard InChI is InChI=1S/C10H21O4P/c1-10(2,3)9-7-5-4-6-8-13-15(11,12)14-9/h9H,4-8H2,1-3H3,(H,11,12). The van der Waals surface area contributed by atoms with E-state index < -0.39 is 7.82 Å². The molecular formula is C10H21O4P. The molecule has 1 aliphatic heterocycles. The van der Waals surface area contributed by atoms with E-state index in [1.165, 1.54) is 0 Å². The van der Waals surface area contributed by atoms with Crippen LogP contribution < -0.4 is 0 Å². The fourth-order valence-corrected chi connectivity index (χ4v) is 2.79. The van der Waals surface area contributed by atoms with Crippen molar-refractivity contribution in [1.29, 1.82) is 0 Å². The van der Waals surface area contributed by atoms with Gasteiger partial charge in [-0.1, -0.05) is 33.6 Å². The van der Waals surface area contributed by atoms with E-state index in [0.717, 1.165) is 25.7 Å². The van der Waals surface area contributed by atoms with Crippen molar-refractivity contribution in [2.75, 3.05) is 6.61 Å². The highest BCUT2D eigenvalue weighted by molar-refractivity contribution is 7.47. The molecule has 2 unspecified atom stereocenters. The lowest BCUT2D eigenvalue weighted by atomic mass is 9.86. The van der Waals surface area contributed by atoms with Gasteiger partial charge in [0.2, 0.25) is 0 Å². The first-order valence-electron chi connectivity index (χ1n) is 5.47. The van der Waals surface area contributed by atoms with Gasteiger partial charge in [-0.2, -0.15) is 0 Å². The van der Waals surface area contributed by atoms with E-state index in [1.807, 2.05) is 20.8 Å². The summed E-state index contributed by atoms with van der Waals surface area (Å²) in [5.74, 6) is 0. The summed E-state index contributed by atoms with van der Waals surface area (Å²) in [5, 5.41) is 0. The van der Waals surface area contributed by atoms with Gasteiger partial charge in [-0.3, -0.25) is 9.05 Å². The zero-order valence-electron chi connectivity index (χ0n) is 9.73. The molecule has 0 aliphatic carbocycles. The maximum atomic E-state index is 11.5. The van der Waals surface area contributed by atoms with Gasteiger partial charge in [-0.15, -0.1) is 0 Å². The summed E-state index contributed by atoms with van der Waals surface area (Å²) >= 11 is 0. The molecule has 0 aromatic heterocycles. The minimum Gasteiger partial charge on any atom is -0.302 e. The van der Waals surface area contributed by atoms with Crippen molar-refractivity contribution in [3.05, 3.63) is 0 Å². The normalized spacial score (nSPS) is 35.3. The molecule has 5 heteroatoms. The third kappa shape index (κ3) is 4.64. The van der Waals surface area contributed by atoms with Crippen molar-refractivity contribution >= 4 is 7.82 Å². The summed E-state index contributed by atoms with van der Waals surface area (Å²) in [5.41, 5.74) is -0.133. The van der Waals surface area contributed by atoms with Crippen molar-refractivity contribution in [2.45, 2.75) is 52.6 Å². The summed E-state index contributed by atoms with van der Waals surface area (Å²) in [4.78, 5) is 9.45. The monoisotopic (exact) mass is 236 g/mol. The van der Waals surface area contributed by atoms with Crippen molar-refractivity contribution < 1.29 is 18.5 Å². The molecular weight excluding hydrogens is 215 g/mol. The second kappa shape index (κ2) is 4.96. The Morgan fingerprint density at radius 2 is 1.93 bits per heavy atom. The number of phosphoric acid groups is 1. The molecule has 1 N–H and O–H groups in total. The zero-order valence-corrected chi connectivity index (χ0v) is 10.6. The Kier molecular flexibility index (Phi) is 4.36. The zero-order chi connectivity index (χ0) is 11.5. The van der Waals surface area contributed by atoms with Crippen LogP contribution in [0.25, 0.3) is 0 Å². The van der Waals surface area contributed by atoms with Gasteiger partial charge in [-0.25, -0.2) is 4.57 Å². The molecule has 1 saturated heterocycles. The molecule has 15 heavy (non-hydrogen) atoms. The van der Waals surface area contributed by atoms with E-state index in [1.54, 1.807) is 0 Å². The predicted molar refractivity (Wildman–Crippen MR) is 58.6 cm³/mol. The third-order valence-electron chi connectivity index (χ3n) is 2.59. The van der Waals surface area contributed by atoms with Crippen molar-refractivity contribution in [3.8, 4) is 0 Å². The Balaban J connectivity index is 2.72. The molecule has 1 rings (SSSR count). The van der Waals surface area contributed by atoms with Gasteiger partial charge < -0.3 is 4.89 Å². The van der Waals surface area contributed by atoms with E-state index in [0.29, 0.717) is 6.61 Å². The number of rotatable bonds is 0. The average Bonchev–Trinajstić information content (AvgIpc) is 2.13. The summed E-state index contributed by atoms with van der Waals surface area (Å²) in [7, 11) is -3.84. The first-order chi connectivity index (χ1) is 6.81. The van der Waals surface area contributed by atoms with Gasteiger partial charge >= 0.3 is 7.82 Å². The summed E-state index contributed by atoms with van der Waals surface area (Å²) in [6.07, 6.45) is 3.47. The van der Waals surface area contributed by atoms with Crippen LogP contribution in [0.2, 0.25) is 0 Å². The van der Waals surface area contributed by atoms with Crippen molar-refractivity contribution in [1.82, 2.24) is 0 Å². The second-order valence-electron chi connectivity index (χ2n) is 5.11. The van der Waals surface area contributed by atoms with Crippen LogP contribution in [0.1, 0.15) is 46.5 Å². The molecule has 1 aliphatic rings. The van der Waals surface area contributed by atoms with Crippen LogP contribution in [0.4, 0.5) is 0 Å². The fraction of sp³-hybridized carbons (Fsp3) is 1.00. The van der Waals surface area contributed by atoms with E-state index in [2.05, 4.69) is 0 Å². The lowest BCUT2D eigenvalue weighted by Crippen LogP contribution is -2.28. The quantitative estimate of drug-likeness (QED) is 0.656. The van der Waals surface area contributed by atoms with Crippen molar-refractivity contribution in [2.24, 2.45) is 5.41 Å². The first kappa shape index (κ1) is 13.2. The predicted octanol–water partition coefficient (Wildman–Crippen LogP) is 3.11. The molecule has 0 aromatic carbocycles. The maximum Gasteiger partial charge on any atom is 0.472 e. The smallest absolute Gasteiger partial charge is 0.302 e. The molecule has 0 saturated carbocycles. The lowest BCUT2D eigenvalue weighted by Gasteiger charge is -2.30. The van der Waals surface area contributed by atoms with Gasteiger partial charge in [-0.05, 0) is 18.3 Å². The first-order valence-corrected chi connectivity index (χ1v) is 6.96. The molecule has 0 aromatic rings. The van der Waals surface area contributed by atoms with Gasteiger partial charge in [0.05, 0.1) is 12.7 Å². The van der Waals surface area contributed by atoms with Gasteiger partial charge in [0, 0.05) is 0 Å². The molecule has 0 bridgehead atoms. The van der Waals surface area contributed by atoms with Crippen LogP contribution in [-0.2, 0) is 13.6 Å². The fourth-order valence-electron chi connectivity index (χ4n) is 1.62. The molecule has 0 amide bonds. The van der Waals surface area contributed by atoms with E-state index in [4.69, 9.17) is 9.05 Å². The van der Waals surface area contributed by atoms with Crippen LogP contribution in [0.3, 0.4) is 0 Å². The molecule has 1 fully saturated rings. The Bertz CT molecular complexity index is 246. The van der Waals surface area contributed by atoms with E-state index in [-0.39, 0.29) is 11.5 Å². The Morgan fingerprint density at radius 1 is 1.27 bits per heavy atom. The van der Waals surface area contributed by atoms with Crippen LogP contribution >= 0.6 is 7.82 Å². The van der Waals surface area contributed by atoms with Crippen LogP contribution in [0.15, 0.2) is 0 Å². The number of phosphoric ester groups is 1. The SMILES string of the molecule is CC(C)(C)C1CCCCCOP(=O)(O)O1. The highest BCUT2D eigenvalue weighted by Crippen LogP contribution is 2.49. The number of hydrogen-bond donors (Lipinski definition) is 1. The largest absolute Gasteiger partial charge is 0.472 e. The summed E-state index contributed by atoms with van der Waals surface area (Å²) in [6.45, 7) is 6.34. The highest BCUT2D eigenvalue weighted by atomic mass is 31.2. The molecule has 1 heterocycles. The average molecular weight is 236 g/mol. The Hall–Kier alpha value is 0.110. The maximum absolute atomic E-state index is 11.5.